The predicted molar refractivity (Wildman–Crippen MR) is 207 cm³/mol. The zero-order chi connectivity index (χ0) is 36.1. The lowest BCUT2D eigenvalue weighted by molar-refractivity contribution is -0.152. The zero-order valence-electron chi connectivity index (χ0n) is 29.7. The van der Waals surface area contributed by atoms with Gasteiger partial charge >= 0.3 is 5.97 Å². The summed E-state index contributed by atoms with van der Waals surface area (Å²) in [5.74, 6) is -0.748. The fourth-order valence-corrected chi connectivity index (χ4v) is 12.5. The molecule has 1 aliphatic heterocycles. The highest BCUT2D eigenvalue weighted by atomic mass is 35.5. The number of hydrogen-bond donors (Lipinski definition) is 0. The Balaban J connectivity index is 1.69. The number of ether oxygens (including phenoxy) is 1. The van der Waals surface area contributed by atoms with Crippen molar-refractivity contribution in [2.45, 2.75) is 70.5 Å². The molecule has 0 radical (unpaired) electrons. The number of esters is 1. The fraction of sp³-hybridized carbons (Fsp3) is 0.333. The van der Waals surface area contributed by atoms with Crippen LogP contribution in [0.2, 0.25) is 15.1 Å². The quantitative estimate of drug-likeness (QED) is 0.0879. The minimum Gasteiger partial charge on any atom is -0.466 e. The van der Waals surface area contributed by atoms with Crippen LogP contribution in [0.5, 0.6) is 0 Å². The summed E-state index contributed by atoms with van der Waals surface area (Å²) in [6.07, 6.45) is 4.18. The van der Waals surface area contributed by atoms with Crippen molar-refractivity contribution in [3.05, 3.63) is 143 Å². The lowest BCUT2D eigenvalue weighted by Crippen LogP contribution is -2.67. The third-order valence-corrected chi connectivity index (χ3v) is 15.6. The molecular weight excluding hydrogens is 681 g/mol. The van der Waals surface area contributed by atoms with Crippen LogP contribution in [0.4, 0.5) is 0 Å². The van der Waals surface area contributed by atoms with E-state index in [1.54, 1.807) is 6.08 Å². The first-order valence-electron chi connectivity index (χ1n) is 17.2. The van der Waals surface area contributed by atoms with E-state index in [4.69, 9.17) is 32.4 Å². The standard InChI is InChI=1S/C42H47Cl2NO4Si/c1-7-34(29-49-50(41(2,3)4,35-17-10-8-11-18-35)36-19-12-9-13-20-36)45-39(30-21-23-32(43)24-22-30)37(31-15-14-16-33(44)27-31)28-42(5,40(45)47)26-25-38(46)48-6/h8-27,34,37,39H,7,28-29H2,1-6H3/t34?,37-,39-,42+/m1/s1. The Morgan fingerprint density at radius 3 is 2.02 bits per heavy atom. The third-order valence-electron chi connectivity index (χ3n) is 10.1. The molecule has 5 rings (SSSR count). The van der Waals surface area contributed by atoms with Crippen molar-refractivity contribution in [3.8, 4) is 0 Å². The zero-order valence-corrected chi connectivity index (χ0v) is 32.2. The topological polar surface area (TPSA) is 55.8 Å². The maximum atomic E-state index is 15.1. The summed E-state index contributed by atoms with van der Waals surface area (Å²) in [5, 5.41) is 3.35. The minimum absolute atomic E-state index is 0.0752. The average molecular weight is 729 g/mol. The molecule has 4 atom stereocenters. The number of carbonyl (C=O) groups is 2. The van der Waals surface area contributed by atoms with Gasteiger partial charge in [-0.15, -0.1) is 0 Å². The van der Waals surface area contributed by atoms with E-state index in [1.165, 1.54) is 23.6 Å². The molecule has 1 heterocycles. The Bertz CT molecular complexity index is 1750. The van der Waals surface area contributed by atoms with Crippen molar-refractivity contribution in [1.82, 2.24) is 4.90 Å². The first-order valence-corrected chi connectivity index (χ1v) is 19.9. The molecule has 8 heteroatoms. The molecule has 0 N–H and O–H groups in total. The maximum Gasteiger partial charge on any atom is 0.330 e. The molecule has 1 saturated heterocycles. The Hall–Kier alpha value is -3.68. The van der Waals surface area contributed by atoms with Gasteiger partial charge in [0.1, 0.15) is 0 Å². The van der Waals surface area contributed by atoms with Gasteiger partial charge in [-0.05, 0) is 70.6 Å². The molecule has 0 aromatic heterocycles. The van der Waals surface area contributed by atoms with Gasteiger partial charge in [-0.1, -0.05) is 142 Å². The SMILES string of the molecule is CCC(CO[Si](c1ccccc1)(c1ccccc1)C(C)(C)C)N1C(=O)[C@@](C)(C=CC(=O)OC)C[C@H](c2cccc(Cl)c2)[C@H]1c1ccc(Cl)cc1. The normalized spacial score (nSPS) is 20.6. The molecule has 4 aromatic carbocycles. The van der Waals surface area contributed by atoms with Crippen LogP contribution < -0.4 is 10.4 Å². The number of hydrogen-bond acceptors (Lipinski definition) is 4. The molecule has 0 saturated carbocycles. The van der Waals surface area contributed by atoms with Crippen LogP contribution in [0.1, 0.15) is 70.5 Å². The molecule has 0 bridgehead atoms. The van der Waals surface area contributed by atoms with Gasteiger partial charge in [-0.2, -0.15) is 0 Å². The van der Waals surface area contributed by atoms with Crippen LogP contribution in [0.15, 0.2) is 121 Å². The Morgan fingerprint density at radius 1 is 0.900 bits per heavy atom. The Morgan fingerprint density at radius 2 is 1.50 bits per heavy atom. The number of halogens is 2. The number of methoxy groups -OCH3 is 1. The maximum absolute atomic E-state index is 15.1. The van der Waals surface area contributed by atoms with Gasteiger partial charge in [0.15, 0.2) is 0 Å². The predicted octanol–water partition coefficient (Wildman–Crippen LogP) is 9.14. The van der Waals surface area contributed by atoms with Crippen LogP contribution in [0, 0.1) is 5.41 Å². The van der Waals surface area contributed by atoms with Crippen molar-refractivity contribution in [2.75, 3.05) is 13.7 Å². The van der Waals surface area contributed by atoms with Crippen molar-refractivity contribution >= 4 is 53.8 Å². The van der Waals surface area contributed by atoms with Gasteiger partial charge in [-0.3, -0.25) is 4.79 Å². The highest BCUT2D eigenvalue weighted by Gasteiger charge is 2.53. The summed E-state index contributed by atoms with van der Waals surface area (Å²) in [4.78, 5) is 29.5. The number of rotatable bonds is 11. The van der Waals surface area contributed by atoms with Crippen molar-refractivity contribution < 1.29 is 18.8 Å². The lowest BCUT2D eigenvalue weighted by Gasteiger charge is -2.52. The molecular formula is C42H47Cl2NO4Si. The number of amides is 1. The summed E-state index contributed by atoms with van der Waals surface area (Å²) >= 11 is 13.0. The molecule has 1 fully saturated rings. The van der Waals surface area contributed by atoms with Crippen LogP contribution in [0.25, 0.3) is 0 Å². The monoisotopic (exact) mass is 727 g/mol. The van der Waals surface area contributed by atoms with Gasteiger partial charge in [0, 0.05) is 22.0 Å². The summed E-state index contributed by atoms with van der Waals surface area (Å²) < 4.78 is 12.4. The largest absolute Gasteiger partial charge is 0.466 e. The second-order valence-electron chi connectivity index (χ2n) is 14.4. The first-order chi connectivity index (χ1) is 23.8. The number of benzene rings is 4. The highest BCUT2D eigenvalue weighted by Crippen LogP contribution is 2.52. The summed E-state index contributed by atoms with van der Waals surface area (Å²) in [6, 6.07) is 36.0. The lowest BCUT2D eigenvalue weighted by atomic mass is 9.68. The molecule has 1 aliphatic rings. The summed E-state index contributed by atoms with van der Waals surface area (Å²) in [7, 11) is -1.59. The second-order valence-corrected chi connectivity index (χ2v) is 19.6. The molecule has 5 nitrogen and oxygen atoms in total. The number of carbonyl (C=O) groups excluding carboxylic acids is 2. The smallest absolute Gasteiger partial charge is 0.330 e. The van der Waals surface area contributed by atoms with E-state index in [9.17, 15) is 4.79 Å². The average Bonchev–Trinajstić information content (AvgIpc) is 3.11. The molecule has 50 heavy (non-hydrogen) atoms. The van der Waals surface area contributed by atoms with Gasteiger partial charge in [0.05, 0.1) is 31.2 Å². The van der Waals surface area contributed by atoms with Crippen LogP contribution in [-0.2, 0) is 18.8 Å². The van der Waals surface area contributed by atoms with E-state index >= 15 is 4.79 Å². The third kappa shape index (κ3) is 7.64. The van der Waals surface area contributed by atoms with Crippen LogP contribution in [0.3, 0.4) is 0 Å². The van der Waals surface area contributed by atoms with Gasteiger partial charge < -0.3 is 14.1 Å². The van der Waals surface area contributed by atoms with E-state index < -0.39 is 19.7 Å². The molecule has 0 spiro atoms. The summed E-state index contributed by atoms with van der Waals surface area (Å²) in [6.45, 7) is 11.1. The fourth-order valence-electron chi connectivity index (χ4n) is 7.59. The van der Waals surface area contributed by atoms with Crippen molar-refractivity contribution in [3.63, 3.8) is 0 Å². The molecule has 1 unspecified atom stereocenters. The Kier molecular flexibility index (Phi) is 11.8. The van der Waals surface area contributed by atoms with Crippen molar-refractivity contribution in [2.24, 2.45) is 5.41 Å². The molecule has 1 amide bonds. The highest BCUT2D eigenvalue weighted by molar-refractivity contribution is 6.99. The number of likely N-dealkylation sites (tertiary alicyclic amines) is 1. The minimum atomic E-state index is -2.93. The summed E-state index contributed by atoms with van der Waals surface area (Å²) in [5.41, 5.74) is 0.959. The molecule has 4 aromatic rings. The number of nitrogens with zero attached hydrogens (tertiary/aromatic N) is 1. The molecule has 262 valence electrons. The van der Waals surface area contributed by atoms with Gasteiger partial charge in [0.2, 0.25) is 5.91 Å². The van der Waals surface area contributed by atoms with Crippen molar-refractivity contribution in [1.29, 1.82) is 0 Å². The molecule has 0 aliphatic carbocycles. The van der Waals surface area contributed by atoms with E-state index in [0.29, 0.717) is 29.5 Å². The Labute approximate surface area is 308 Å². The first kappa shape index (κ1) is 37.6. The van der Waals surface area contributed by atoms with E-state index in [0.717, 1.165) is 11.1 Å². The van der Waals surface area contributed by atoms with E-state index in [1.807, 2.05) is 66.4 Å². The van der Waals surface area contributed by atoms with Gasteiger partial charge in [-0.25, -0.2) is 4.79 Å². The van der Waals surface area contributed by atoms with E-state index in [2.05, 4.69) is 82.3 Å². The number of piperidine rings is 1. The van der Waals surface area contributed by atoms with E-state index in [-0.39, 0.29) is 28.9 Å². The van der Waals surface area contributed by atoms with Crippen LogP contribution in [-0.4, -0.2) is 44.9 Å². The van der Waals surface area contributed by atoms with Crippen LogP contribution >= 0.6 is 23.2 Å². The van der Waals surface area contributed by atoms with Gasteiger partial charge in [0.25, 0.3) is 8.32 Å². The second kappa shape index (κ2) is 15.7.